The first-order chi connectivity index (χ1) is 8.70. The third-order valence-corrected chi connectivity index (χ3v) is 4.28. The molecule has 0 spiro atoms. The van der Waals surface area contributed by atoms with Crippen LogP contribution in [0, 0.1) is 11.8 Å². The Morgan fingerprint density at radius 1 is 1.22 bits per heavy atom. The Morgan fingerprint density at radius 3 is 2.56 bits per heavy atom. The minimum Gasteiger partial charge on any atom is -0.388 e. The van der Waals surface area contributed by atoms with Crippen LogP contribution in [0.4, 0.5) is 0 Å². The van der Waals surface area contributed by atoms with Crippen molar-refractivity contribution in [2.45, 2.75) is 58.5 Å². The molecule has 18 heavy (non-hydrogen) atoms. The molecule has 1 aromatic carbocycles. The minimum atomic E-state index is -0.261. The molecule has 1 aliphatic rings. The van der Waals surface area contributed by atoms with Crippen molar-refractivity contribution in [2.24, 2.45) is 11.8 Å². The maximum absolute atomic E-state index is 10.5. The first kappa shape index (κ1) is 13.6. The van der Waals surface area contributed by atoms with Crippen LogP contribution in [0.25, 0.3) is 0 Å². The van der Waals surface area contributed by atoms with Crippen LogP contribution in [-0.4, -0.2) is 5.11 Å². The Bertz CT molecular complexity index is 354. The molecule has 100 valence electrons. The van der Waals surface area contributed by atoms with E-state index in [1.807, 2.05) is 0 Å². The molecule has 1 aromatic rings. The van der Waals surface area contributed by atoms with Gasteiger partial charge in [0.2, 0.25) is 0 Å². The fraction of sp³-hybridized carbons (Fsp3) is 0.647. The SMILES string of the molecule is CCCc1ccc(C(O)C2CCCC(C)C2)cc1. The van der Waals surface area contributed by atoms with Crippen molar-refractivity contribution in [3.8, 4) is 0 Å². The number of aliphatic hydroxyl groups excluding tert-OH is 1. The summed E-state index contributed by atoms with van der Waals surface area (Å²) in [4.78, 5) is 0. The Morgan fingerprint density at radius 2 is 1.94 bits per heavy atom. The zero-order valence-corrected chi connectivity index (χ0v) is 11.7. The van der Waals surface area contributed by atoms with Crippen LogP contribution < -0.4 is 0 Å². The van der Waals surface area contributed by atoms with Gasteiger partial charge in [-0.2, -0.15) is 0 Å². The summed E-state index contributed by atoms with van der Waals surface area (Å²) >= 11 is 0. The first-order valence-corrected chi connectivity index (χ1v) is 7.47. The topological polar surface area (TPSA) is 20.2 Å². The molecule has 1 nitrogen and oxygen atoms in total. The molecular weight excluding hydrogens is 220 g/mol. The van der Waals surface area contributed by atoms with Gasteiger partial charge < -0.3 is 5.11 Å². The summed E-state index contributed by atoms with van der Waals surface area (Å²) in [6, 6.07) is 8.59. The van der Waals surface area contributed by atoms with Gasteiger partial charge in [-0.15, -0.1) is 0 Å². The first-order valence-electron chi connectivity index (χ1n) is 7.47. The molecule has 1 fully saturated rings. The Kier molecular flexibility index (Phi) is 4.82. The second-order valence-electron chi connectivity index (χ2n) is 5.97. The van der Waals surface area contributed by atoms with E-state index in [-0.39, 0.29) is 6.10 Å². The second kappa shape index (κ2) is 6.38. The van der Waals surface area contributed by atoms with E-state index in [9.17, 15) is 5.11 Å². The molecule has 3 unspecified atom stereocenters. The molecule has 3 atom stereocenters. The maximum Gasteiger partial charge on any atom is 0.0818 e. The average molecular weight is 246 g/mol. The summed E-state index contributed by atoms with van der Waals surface area (Å²) in [7, 11) is 0. The molecule has 1 saturated carbocycles. The molecule has 0 saturated heterocycles. The van der Waals surface area contributed by atoms with Crippen molar-refractivity contribution < 1.29 is 5.11 Å². The third-order valence-electron chi connectivity index (χ3n) is 4.28. The molecule has 1 aliphatic carbocycles. The Labute approximate surface area is 111 Å². The highest BCUT2D eigenvalue weighted by molar-refractivity contribution is 5.24. The van der Waals surface area contributed by atoms with E-state index < -0.39 is 0 Å². The van der Waals surface area contributed by atoms with Crippen LogP contribution in [0.3, 0.4) is 0 Å². The lowest BCUT2D eigenvalue weighted by atomic mass is 9.78. The molecule has 0 bridgehead atoms. The van der Waals surface area contributed by atoms with Crippen LogP contribution in [0.1, 0.15) is 63.2 Å². The van der Waals surface area contributed by atoms with Crippen molar-refractivity contribution in [1.82, 2.24) is 0 Å². The number of aliphatic hydroxyl groups is 1. The second-order valence-corrected chi connectivity index (χ2v) is 5.97. The third kappa shape index (κ3) is 3.35. The predicted molar refractivity (Wildman–Crippen MR) is 76.5 cm³/mol. The molecule has 0 heterocycles. The van der Waals surface area contributed by atoms with E-state index in [1.165, 1.54) is 37.7 Å². The smallest absolute Gasteiger partial charge is 0.0818 e. The fourth-order valence-corrected chi connectivity index (χ4v) is 3.21. The number of rotatable bonds is 4. The summed E-state index contributed by atoms with van der Waals surface area (Å²) in [5, 5.41) is 10.5. The van der Waals surface area contributed by atoms with Gasteiger partial charge in [0.05, 0.1) is 6.10 Å². The molecule has 0 aromatic heterocycles. The summed E-state index contributed by atoms with van der Waals surface area (Å²) in [6.45, 7) is 4.51. The lowest BCUT2D eigenvalue weighted by Gasteiger charge is -2.30. The van der Waals surface area contributed by atoms with Gasteiger partial charge in [0, 0.05) is 0 Å². The fourth-order valence-electron chi connectivity index (χ4n) is 3.21. The van der Waals surface area contributed by atoms with Crippen molar-refractivity contribution in [3.05, 3.63) is 35.4 Å². The number of benzene rings is 1. The highest BCUT2D eigenvalue weighted by Crippen LogP contribution is 2.37. The molecule has 2 rings (SSSR count). The molecule has 1 heteroatoms. The summed E-state index contributed by atoms with van der Waals surface area (Å²) < 4.78 is 0. The summed E-state index contributed by atoms with van der Waals surface area (Å²) in [5.74, 6) is 1.24. The lowest BCUT2D eigenvalue weighted by molar-refractivity contribution is 0.0714. The molecule has 0 amide bonds. The summed E-state index contributed by atoms with van der Waals surface area (Å²) in [6.07, 6.45) is 7.03. The quantitative estimate of drug-likeness (QED) is 0.829. The van der Waals surface area contributed by atoms with Crippen LogP contribution in [-0.2, 0) is 6.42 Å². The number of hydrogen-bond donors (Lipinski definition) is 1. The molecule has 0 aliphatic heterocycles. The zero-order valence-electron chi connectivity index (χ0n) is 11.7. The van der Waals surface area contributed by atoms with E-state index >= 15 is 0 Å². The standard InChI is InChI=1S/C17H26O/c1-3-5-14-8-10-15(11-9-14)17(18)16-7-4-6-13(2)12-16/h8-11,13,16-18H,3-7,12H2,1-2H3. The van der Waals surface area contributed by atoms with Gasteiger partial charge in [0.25, 0.3) is 0 Å². The van der Waals surface area contributed by atoms with Crippen LogP contribution >= 0.6 is 0 Å². The van der Waals surface area contributed by atoms with Crippen LogP contribution in [0.2, 0.25) is 0 Å². The Hall–Kier alpha value is -0.820. The van der Waals surface area contributed by atoms with Crippen LogP contribution in [0.5, 0.6) is 0 Å². The van der Waals surface area contributed by atoms with Crippen molar-refractivity contribution >= 4 is 0 Å². The van der Waals surface area contributed by atoms with Gasteiger partial charge in [-0.3, -0.25) is 0 Å². The summed E-state index contributed by atoms with van der Waals surface area (Å²) in [5.41, 5.74) is 2.49. The normalized spacial score (nSPS) is 25.9. The molecular formula is C17H26O. The Balaban J connectivity index is 2.01. The van der Waals surface area contributed by atoms with E-state index in [2.05, 4.69) is 38.1 Å². The van der Waals surface area contributed by atoms with Crippen molar-refractivity contribution in [2.75, 3.05) is 0 Å². The van der Waals surface area contributed by atoms with Crippen LogP contribution in [0.15, 0.2) is 24.3 Å². The van der Waals surface area contributed by atoms with E-state index in [0.717, 1.165) is 17.9 Å². The van der Waals surface area contributed by atoms with Gasteiger partial charge >= 0.3 is 0 Å². The predicted octanol–water partition coefficient (Wildman–Crippen LogP) is 4.50. The minimum absolute atomic E-state index is 0.261. The van der Waals surface area contributed by atoms with E-state index in [1.54, 1.807) is 0 Å². The van der Waals surface area contributed by atoms with Gasteiger partial charge in [0.15, 0.2) is 0 Å². The van der Waals surface area contributed by atoms with E-state index in [4.69, 9.17) is 0 Å². The van der Waals surface area contributed by atoms with Gasteiger partial charge in [-0.25, -0.2) is 0 Å². The zero-order chi connectivity index (χ0) is 13.0. The monoisotopic (exact) mass is 246 g/mol. The van der Waals surface area contributed by atoms with E-state index in [0.29, 0.717) is 5.92 Å². The van der Waals surface area contributed by atoms with Crippen molar-refractivity contribution in [1.29, 1.82) is 0 Å². The lowest BCUT2D eigenvalue weighted by Crippen LogP contribution is -2.20. The number of aryl methyl sites for hydroxylation is 1. The maximum atomic E-state index is 10.5. The number of hydrogen-bond acceptors (Lipinski definition) is 1. The van der Waals surface area contributed by atoms with Gasteiger partial charge in [-0.05, 0) is 42.2 Å². The largest absolute Gasteiger partial charge is 0.388 e. The average Bonchev–Trinajstić information content (AvgIpc) is 2.39. The van der Waals surface area contributed by atoms with Crippen molar-refractivity contribution in [3.63, 3.8) is 0 Å². The highest BCUT2D eigenvalue weighted by atomic mass is 16.3. The molecule has 1 N–H and O–H groups in total. The van der Waals surface area contributed by atoms with Gasteiger partial charge in [0.1, 0.15) is 0 Å². The molecule has 0 radical (unpaired) electrons. The highest BCUT2D eigenvalue weighted by Gasteiger charge is 2.26. The van der Waals surface area contributed by atoms with Gasteiger partial charge in [-0.1, -0.05) is 57.4 Å².